The lowest BCUT2D eigenvalue weighted by atomic mass is 9.49. The minimum Gasteiger partial charge on any atom is -0.456 e. The first-order chi connectivity index (χ1) is 10.7. The summed E-state index contributed by atoms with van der Waals surface area (Å²) in [5.74, 6) is 0.881. The highest BCUT2D eigenvalue weighted by Gasteiger charge is 2.58. The Balaban J connectivity index is 1.63. The average Bonchev–Trinajstić information content (AvgIpc) is 2.47. The van der Waals surface area contributed by atoms with Crippen LogP contribution in [0.1, 0.15) is 59.3 Å². The van der Waals surface area contributed by atoms with Gasteiger partial charge < -0.3 is 9.47 Å². The quantitative estimate of drug-likeness (QED) is 0.726. The van der Waals surface area contributed by atoms with Gasteiger partial charge in [0.05, 0.1) is 0 Å². The molecular formula is C18H27FO4. The van der Waals surface area contributed by atoms with Crippen molar-refractivity contribution in [3.8, 4) is 0 Å². The number of carbonyl (C=O) groups is 2. The van der Waals surface area contributed by atoms with E-state index in [0.29, 0.717) is 11.8 Å². The van der Waals surface area contributed by atoms with E-state index in [2.05, 4.69) is 6.92 Å². The summed E-state index contributed by atoms with van der Waals surface area (Å²) in [7, 11) is 0. The third-order valence-electron chi connectivity index (χ3n) is 6.18. The Morgan fingerprint density at radius 2 is 1.61 bits per heavy atom. The van der Waals surface area contributed by atoms with Gasteiger partial charge in [-0.15, -0.1) is 0 Å². The lowest BCUT2D eigenvalue weighted by molar-refractivity contribution is -0.214. The molecule has 0 aromatic heterocycles. The van der Waals surface area contributed by atoms with Gasteiger partial charge in [-0.05, 0) is 76.0 Å². The number of carbonyl (C=O) groups excluding carboxylic acids is 2. The molecule has 0 spiro atoms. The molecule has 5 heteroatoms. The fraction of sp³-hybridized carbons (Fsp3) is 0.889. The maximum atomic E-state index is 13.4. The SMILES string of the molecule is CCC1(OC(=O)COC(=O)C(C)(C)F)C2CC3CC(C2)CC1C3. The van der Waals surface area contributed by atoms with Crippen molar-refractivity contribution in [3.05, 3.63) is 0 Å². The van der Waals surface area contributed by atoms with Crippen molar-refractivity contribution in [2.45, 2.75) is 70.6 Å². The minimum atomic E-state index is -2.09. The van der Waals surface area contributed by atoms with Crippen LogP contribution in [-0.4, -0.2) is 29.8 Å². The monoisotopic (exact) mass is 326 g/mol. The molecular weight excluding hydrogens is 299 g/mol. The third-order valence-corrected chi connectivity index (χ3v) is 6.18. The minimum absolute atomic E-state index is 0.401. The fourth-order valence-corrected chi connectivity index (χ4v) is 5.34. The van der Waals surface area contributed by atoms with Gasteiger partial charge >= 0.3 is 11.9 Å². The predicted molar refractivity (Wildman–Crippen MR) is 82.3 cm³/mol. The van der Waals surface area contributed by atoms with Gasteiger partial charge in [0.15, 0.2) is 6.61 Å². The van der Waals surface area contributed by atoms with Crippen molar-refractivity contribution < 1.29 is 23.5 Å². The Kier molecular flexibility index (Phi) is 4.18. The molecule has 0 heterocycles. The van der Waals surface area contributed by atoms with E-state index in [9.17, 15) is 14.0 Å². The molecule has 4 bridgehead atoms. The van der Waals surface area contributed by atoms with E-state index < -0.39 is 29.8 Å². The molecule has 130 valence electrons. The van der Waals surface area contributed by atoms with Crippen LogP contribution in [0.5, 0.6) is 0 Å². The van der Waals surface area contributed by atoms with Crippen LogP contribution in [-0.2, 0) is 19.1 Å². The first-order valence-electron chi connectivity index (χ1n) is 8.82. The van der Waals surface area contributed by atoms with Crippen LogP contribution in [0.2, 0.25) is 0 Å². The molecule has 0 unspecified atom stereocenters. The summed E-state index contributed by atoms with van der Waals surface area (Å²) in [6.45, 7) is 3.81. The van der Waals surface area contributed by atoms with Gasteiger partial charge in [-0.1, -0.05) is 6.92 Å². The van der Waals surface area contributed by atoms with E-state index in [1.807, 2.05) is 0 Å². The maximum absolute atomic E-state index is 13.4. The summed E-state index contributed by atoms with van der Waals surface area (Å²) in [5.41, 5.74) is -2.49. The van der Waals surface area contributed by atoms with Crippen LogP contribution in [0.25, 0.3) is 0 Å². The smallest absolute Gasteiger partial charge is 0.344 e. The fourth-order valence-electron chi connectivity index (χ4n) is 5.34. The summed E-state index contributed by atoms with van der Waals surface area (Å²) >= 11 is 0. The van der Waals surface area contributed by atoms with Crippen molar-refractivity contribution in [2.75, 3.05) is 6.61 Å². The molecule has 0 aromatic carbocycles. The van der Waals surface area contributed by atoms with Gasteiger partial charge in [0.1, 0.15) is 5.60 Å². The third kappa shape index (κ3) is 2.99. The number of hydrogen-bond donors (Lipinski definition) is 0. The molecule has 23 heavy (non-hydrogen) atoms. The maximum Gasteiger partial charge on any atom is 0.344 e. The molecule has 0 amide bonds. The van der Waals surface area contributed by atoms with E-state index in [1.165, 1.54) is 6.42 Å². The number of esters is 2. The number of ether oxygens (including phenoxy) is 2. The molecule has 0 radical (unpaired) electrons. The van der Waals surface area contributed by atoms with Crippen molar-refractivity contribution in [1.82, 2.24) is 0 Å². The molecule has 4 aliphatic rings. The molecule has 4 rings (SSSR count). The molecule has 0 N–H and O–H groups in total. The van der Waals surface area contributed by atoms with Gasteiger partial charge in [-0.2, -0.15) is 0 Å². The van der Waals surface area contributed by atoms with Gasteiger partial charge in [0.2, 0.25) is 5.67 Å². The highest BCUT2D eigenvalue weighted by Crippen LogP contribution is 2.60. The Labute approximate surface area is 137 Å². The van der Waals surface area contributed by atoms with Crippen molar-refractivity contribution in [3.63, 3.8) is 0 Å². The van der Waals surface area contributed by atoms with E-state index in [0.717, 1.165) is 57.8 Å². The summed E-state index contributed by atoms with van der Waals surface area (Å²) in [6.07, 6.45) is 6.72. The van der Waals surface area contributed by atoms with Crippen LogP contribution in [0.3, 0.4) is 0 Å². The van der Waals surface area contributed by atoms with E-state index in [1.54, 1.807) is 0 Å². The van der Waals surface area contributed by atoms with Crippen LogP contribution < -0.4 is 0 Å². The molecule has 4 aliphatic carbocycles. The largest absolute Gasteiger partial charge is 0.456 e. The Morgan fingerprint density at radius 3 is 2.04 bits per heavy atom. The van der Waals surface area contributed by atoms with Gasteiger partial charge in [-0.25, -0.2) is 14.0 Å². The zero-order valence-corrected chi connectivity index (χ0v) is 14.3. The predicted octanol–water partition coefficient (Wildman–Crippen LogP) is 3.43. The van der Waals surface area contributed by atoms with E-state index in [4.69, 9.17) is 9.47 Å². The normalized spacial score (nSPS) is 38.4. The van der Waals surface area contributed by atoms with Gasteiger partial charge in [0.25, 0.3) is 0 Å². The summed E-state index contributed by atoms with van der Waals surface area (Å²) in [5, 5.41) is 0. The number of alkyl halides is 1. The van der Waals surface area contributed by atoms with Crippen LogP contribution in [0.4, 0.5) is 4.39 Å². The highest BCUT2D eigenvalue weighted by molar-refractivity contribution is 5.81. The molecule has 4 nitrogen and oxygen atoms in total. The van der Waals surface area contributed by atoms with Gasteiger partial charge in [-0.3, -0.25) is 0 Å². The van der Waals surface area contributed by atoms with E-state index >= 15 is 0 Å². The zero-order chi connectivity index (χ0) is 16.8. The second kappa shape index (κ2) is 5.75. The second-order valence-electron chi connectivity index (χ2n) is 8.14. The lowest BCUT2D eigenvalue weighted by Gasteiger charge is -2.60. The van der Waals surface area contributed by atoms with E-state index in [-0.39, 0.29) is 0 Å². The highest BCUT2D eigenvalue weighted by atomic mass is 19.1. The molecule has 0 saturated heterocycles. The Morgan fingerprint density at radius 1 is 1.09 bits per heavy atom. The molecule has 0 aromatic rings. The lowest BCUT2D eigenvalue weighted by Crippen LogP contribution is -2.59. The van der Waals surface area contributed by atoms with Crippen LogP contribution in [0, 0.1) is 23.7 Å². The standard InChI is InChI=1S/C18H27FO4/c1-4-18(23-15(20)10-22-16(21)17(2,3)19)13-6-11-5-12(8-13)9-14(18)7-11/h11-14H,4-10H2,1-3H3. The summed E-state index contributed by atoms with van der Waals surface area (Å²) in [6, 6.07) is 0. The molecule has 0 atom stereocenters. The van der Waals surface area contributed by atoms with Crippen LogP contribution >= 0.6 is 0 Å². The van der Waals surface area contributed by atoms with Gasteiger partial charge in [0, 0.05) is 0 Å². The van der Waals surface area contributed by atoms with Crippen molar-refractivity contribution in [1.29, 1.82) is 0 Å². The Hall–Kier alpha value is -1.13. The topological polar surface area (TPSA) is 52.6 Å². The second-order valence-corrected chi connectivity index (χ2v) is 8.14. The first kappa shape index (κ1) is 16.7. The molecule has 4 saturated carbocycles. The Bertz CT molecular complexity index is 466. The zero-order valence-electron chi connectivity index (χ0n) is 14.3. The summed E-state index contributed by atoms with van der Waals surface area (Å²) in [4.78, 5) is 23.7. The van der Waals surface area contributed by atoms with Crippen molar-refractivity contribution in [2.24, 2.45) is 23.7 Å². The van der Waals surface area contributed by atoms with Crippen molar-refractivity contribution >= 4 is 11.9 Å². The molecule has 4 fully saturated rings. The first-order valence-corrected chi connectivity index (χ1v) is 8.82. The van der Waals surface area contributed by atoms with Crippen LogP contribution in [0.15, 0.2) is 0 Å². The number of rotatable bonds is 5. The summed E-state index contributed by atoms with van der Waals surface area (Å²) < 4.78 is 24.1. The average molecular weight is 326 g/mol. The molecule has 0 aliphatic heterocycles. The number of hydrogen-bond acceptors (Lipinski definition) is 4. The number of halogens is 1.